The molecule has 13 heavy (non-hydrogen) atoms. The van der Waals surface area contributed by atoms with Gasteiger partial charge in [-0.2, -0.15) is 0 Å². The van der Waals surface area contributed by atoms with Gasteiger partial charge >= 0.3 is 11.1 Å². The van der Waals surface area contributed by atoms with Crippen molar-refractivity contribution < 1.29 is 9.59 Å². The monoisotopic (exact) mass is 197 g/mol. The van der Waals surface area contributed by atoms with Gasteiger partial charge in [0.2, 0.25) is 0 Å². The highest BCUT2D eigenvalue weighted by atomic mass is 35.5. The first-order valence-corrected chi connectivity index (χ1v) is 4.05. The minimum absolute atomic E-state index is 0.599. The summed E-state index contributed by atoms with van der Waals surface area (Å²) in [6.07, 6.45) is 0. The van der Waals surface area contributed by atoms with Gasteiger partial charge in [-0.15, -0.1) is 0 Å². The quantitative estimate of drug-likeness (QED) is 0.580. The SMILES string of the molecule is Cc1ccccc1NC(=O)C(=O)Cl. The van der Waals surface area contributed by atoms with Crippen molar-refractivity contribution in [2.75, 3.05) is 5.32 Å². The van der Waals surface area contributed by atoms with E-state index in [9.17, 15) is 9.59 Å². The summed E-state index contributed by atoms with van der Waals surface area (Å²) in [6, 6.07) is 7.14. The highest BCUT2D eigenvalue weighted by Crippen LogP contribution is 2.12. The molecule has 0 radical (unpaired) electrons. The number of benzene rings is 1. The maximum absolute atomic E-state index is 10.9. The van der Waals surface area contributed by atoms with Gasteiger partial charge in [0.05, 0.1) is 0 Å². The number of para-hydroxylation sites is 1. The first-order valence-electron chi connectivity index (χ1n) is 3.67. The fourth-order valence-electron chi connectivity index (χ4n) is 0.885. The minimum Gasteiger partial charge on any atom is -0.318 e. The van der Waals surface area contributed by atoms with Crippen LogP contribution in [0, 0.1) is 6.92 Å². The van der Waals surface area contributed by atoms with Crippen molar-refractivity contribution in [1.29, 1.82) is 0 Å². The normalized spacial score (nSPS) is 9.38. The number of aryl methyl sites for hydroxylation is 1. The molecule has 1 rings (SSSR count). The Labute approximate surface area is 80.7 Å². The Balaban J connectivity index is 2.81. The van der Waals surface area contributed by atoms with Gasteiger partial charge in [-0.05, 0) is 30.2 Å². The third-order valence-electron chi connectivity index (χ3n) is 1.57. The molecule has 0 bridgehead atoms. The Morgan fingerprint density at radius 3 is 2.46 bits per heavy atom. The van der Waals surface area contributed by atoms with Gasteiger partial charge in [0, 0.05) is 5.69 Å². The van der Waals surface area contributed by atoms with E-state index in [1.807, 2.05) is 19.1 Å². The summed E-state index contributed by atoms with van der Waals surface area (Å²) < 4.78 is 0. The van der Waals surface area contributed by atoms with Crippen molar-refractivity contribution in [3.05, 3.63) is 29.8 Å². The molecule has 0 aliphatic rings. The number of hydrogen-bond acceptors (Lipinski definition) is 2. The van der Waals surface area contributed by atoms with Gasteiger partial charge in [-0.3, -0.25) is 9.59 Å². The highest BCUT2D eigenvalue weighted by molar-refractivity contribution is 6.82. The van der Waals surface area contributed by atoms with Gasteiger partial charge < -0.3 is 5.32 Å². The average Bonchev–Trinajstić information content (AvgIpc) is 2.08. The first-order chi connectivity index (χ1) is 6.11. The van der Waals surface area contributed by atoms with Crippen molar-refractivity contribution in [3.8, 4) is 0 Å². The Hall–Kier alpha value is -1.35. The Bertz CT molecular complexity index is 349. The number of carbonyl (C=O) groups is 2. The first kappa shape index (κ1) is 9.74. The molecule has 0 aliphatic heterocycles. The van der Waals surface area contributed by atoms with E-state index in [2.05, 4.69) is 5.32 Å². The summed E-state index contributed by atoms with van der Waals surface area (Å²) in [6.45, 7) is 1.83. The number of carbonyl (C=O) groups excluding carboxylic acids is 2. The van der Waals surface area contributed by atoms with Gasteiger partial charge in [-0.1, -0.05) is 18.2 Å². The lowest BCUT2D eigenvalue weighted by molar-refractivity contribution is -0.130. The standard InChI is InChI=1S/C9H8ClNO2/c1-6-4-2-3-5-7(6)11-9(13)8(10)12/h2-5H,1H3,(H,11,13). The zero-order chi connectivity index (χ0) is 9.84. The Morgan fingerprint density at radius 1 is 1.31 bits per heavy atom. The molecule has 0 atom stereocenters. The molecule has 1 aromatic rings. The Kier molecular flexibility index (Phi) is 3.03. The largest absolute Gasteiger partial charge is 0.318 e. The van der Waals surface area contributed by atoms with Gasteiger partial charge in [-0.25, -0.2) is 0 Å². The molecule has 1 aromatic carbocycles. The fraction of sp³-hybridized carbons (Fsp3) is 0.111. The van der Waals surface area contributed by atoms with Crippen LogP contribution in [-0.2, 0) is 9.59 Å². The second-order valence-corrected chi connectivity index (χ2v) is 2.89. The maximum Gasteiger partial charge on any atom is 0.310 e. The number of anilines is 1. The molecule has 1 N–H and O–H groups in total. The van der Waals surface area contributed by atoms with Crippen LogP contribution in [0.5, 0.6) is 0 Å². The number of halogens is 1. The zero-order valence-electron chi connectivity index (χ0n) is 7.00. The van der Waals surface area contributed by atoms with Crippen LogP contribution >= 0.6 is 11.6 Å². The molecule has 0 saturated heterocycles. The van der Waals surface area contributed by atoms with Crippen molar-refractivity contribution in [3.63, 3.8) is 0 Å². The number of amides is 1. The van der Waals surface area contributed by atoms with Crippen LogP contribution in [-0.4, -0.2) is 11.1 Å². The topological polar surface area (TPSA) is 46.2 Å². The predicted octanol–water partition coefficient (Wildman–Crippen LogP) is 1.70. The molecule has 0 aliphatic carbocycles. The summed E-state index contributed by atoms with van der Waals surface area (Å²) in [5, 5.41) is 1.38. The van der Waals surface area contributed by atoms with Crippen LogP contribution in [0.15, 0.2) is 24.3 Å². The average molecular weight is 198 g/mol. The number of nitrogens with one attached hydrogen (secondary N) is 1. The van der Waals surface area contributed by atoms with Gasteiger partial charge in [0.25, 0.3) is 0 Å². The lowest BCUT2D eigenvalue weighted by atomic mass is 10.2. The summed E-state index contributed by atoms with van der Waals surface area (Å²) in [5.41, 5.74) is 1.48. The summed E-state index contributed by atoms with van der Waals surface area (Å²) in [4.78, 5) is 21.3. The molecular weight excluding hydrogens is 190 g/mol. The Morgan fingerprint density at radius 2 is 1.92 bits per heavy atom. The highest BCUT2D eigenvalue weighted by Gasteiger charge is 2.10. The lowest BCUT2D eigenvalue weighted by Gasteiger charge is -2.04. The molecule has 0 spiro atoms. The van der Waals surface area contributed by atoms with Crippen molar-refractivity contribution in [2.24, 2.45) is 0 Å². The van der Waals surface area contributed by atoms with Crippen molar-refractivity contribution in [1.82, 2.24) is 0 Å². The summed E-state index contributed by atoms with van der Waals surface area (Å²) in [7, 11) is 0. The van der Waals surface area contributed by atoms with Crippen molar-refractivity contribution >= 4 is 28.4 Å². The molecule has 1 amide bonds. The van der Waals surface area contributed by atoms with E-state index in [1.165, 1.54) is 0 Å². The maximum atomic E-state index is 10.9. The molecule has 4 heteroatoms. The molecule has 0 unspecified atom stereocenters. The van der Waals surface area contributed by atoms with Crippen LogP contribution < -0.4 is 5.32 Å². The molecule has 0 heterocycles. The second kappa shape index (κ2) is 4.05. The van der Waals surface area contributed by atoms with Crippen LogP contribution in [0.2, 0.25) is 0 Å². The van der Waals surface area contributed by atoms with E-state index in [0.717, 1.165) is 5.56 Å². The molecule has 68 valence electrons. The molecule has 3 nitrogen and oxygen atoms in total. The molecule has 0 fully saturated rings. The van der Waals surface area contributed by atoms with E-state index in [0.29, 0.717) is 5.69 Å². The number of rotatable bonds is 2. The molecule has 0 aromatic heterocycles. The van der Waals surface area contributed by atoms with Gasteiger partial charge in [0.1, 0.15) is 0 Å². The van der Waals surface area contributed by atoms with E-state index in [-0.39, 0.29) is 0 Å². The molecular formula is C9H8ClNO2. The van der Waals surface area contributed by atoms with Gasteiger partial charge in [0.15, 0.2) is 0 Å². The number of hydrogen-bond donors (Lipinski definition) is 1. The van der Waals surface area contributed by atoms with Crippen LogP contribution in [0.1, 0.15) is 5.56 Å². The van der Waals surface area contributed by atoms with Crippen molar-refractivity contribution in [2.45, 2.75) is 6.92 Å². The zero-order valence-corrected chi connectivity index (χ0v) is 7.76. The fourth-order valence-corrected chi connectivity index (χ4v) is 0.932. The third kappa shape index (κ3) is 2.56. The predicted molar refractivity (Wildman–Crippen MR) is 50.7 cm³/mol. The van der Waals surface area contributed by atoms with Crippen LogP contribution in [0.25, 0.3) is 0 Å². The smallest absolute Gasteiger partial charge is 0.310 e. The second-order valence-electron chi connectivity index (χ2n) is 2.54. The minimum atomic E-state index is -1.01. The summed E-state index contributed by atoms with van der Waals surface area (Å²) in [5.74, 6) is -0.809. The van der Waals surface area contributed by atoms with Crippen LogP contribution in [0.3, 0.4) is 0 Å². The van der Waals surface area contributed by atoms with E-state index < -0.39 is 11.1 Å². The molecule has 0 saturated carbocycles. The van der Waals surface area contributed by atoms with E-state index in [1.54, 1.807) is 12.1 Å². The van der Waals surface area contributed by atoms with E-state index in [4.69, 9.17) is 11.6 Å². The summed E-state index contributed by atoms with van der Waals surface area (Å²) >= 11 is 4.98. The third-order valence-corrected chi connectivity index (χ3v) is 1.74. The lowest BCUT2D eigenvalue weighted by Crippen LogP contribution is -2.18. The van der Waals surface area contributed by atoms with E-state index >= 15 is 0 Å². The van der Waals surface area contributed by atoms with Crippen LogP contribution in [0.4, 0.5) is 5.69 Å².